The SMILES string of the molecule is CN1C(=O)NC(=O)C2C1N=C(N)N2CCC(=O)O. The fourth-order valence-corrected chi connectivity index (χ4v) is 2.02. The minimum atomic E-state index is -0.994. The quantitative estimate of drug-likeness (QED) is 0.533. The second-order valence-corrected chi connectivity index (χ2v) is 4.09. The van der Waals surface area contributed by atoms with Crippen LogP contribution in [0.5, 0.6) is 0 Å². The molecule has 2 unspecified atom stereocenters. The summed E-state index contributed by atoms with van der Waals surface area (Å²) in [6, 6.07) is -1.30. The number of carboxylic acid groups (broad SMARTS) is 1. The second kappa shape index (κ2) is 4.17. The van der Waals surface area contributed by atoms with Crippen molar-refractivity contribution in [2.75, 3.05) is 13.6 Å². The Kier molecular flexibility index (Phi) is 2.81. The molecule has 2 aliphatic heterocycles. The lowest BCUT2D eigenvalue weighted by molar-refractivity contribution is -0.138. The molecular weight excluding hydrogens is 242 g/mol. The van der Waals surface area contributed by atoms with Crippen molar-refractivity contribution in [1.29, 1.82) is 0 Å². The molecule has 2 heterocycles. The lowest BCUT2D eigenvalue weighted by Gasteiger charge is -2.35. The van der Waals surface area contributed by atoms with Gasteiger partial charge in [-0.2, -0.15) is 0 Å². The number of aliphatic carboxylic acids is 1. The number of hydrogen-bond donors (Lipinski definition) is 3. The Labute approximate surface area is 102 Å². The van der Waals surface area contributed by atoms with Crippen molar-refractivity contribution in [2.45, 2.75) is 18.6 Å². The molecule has 1 fully saturated rings. The van der Waals surface area contributed by atoms with Gasteiger partial charge in [-0.1, -0.05) is 0 Å². The van der Waals surface area contributed by atoms with E-state index in [9.17, 15) is 14.4 Å². The van der Waals surface area contributed by atoms with Gasteiger partial charge in [-0.05, 0) is 0 Å². The number of hydrogen-bond acceptors (Lipinski definition) is 6. The van der Waals surface area contributed by atoms with Crippen LogP contribution in [0.1, 0.15) is 6.42 Å². The van der Waals surface area contributed by atoms with E-state index in [4.69, 9.17) is 10.8 Å². The Hall–Kier alpha value is -2.32. The monoisotopic (exact) mass is 255 g/mol. The first kappa shape index (κ1) is 12.1. The van der Waals surface area contributed by atoms with Crippen LogP contribution in [0.15, 0.2) is 4.99 Å². The van der Waals surface area contributed by atoms with Gasteiger partial charge in [0.05, 0.1) is 6.42 Å². The van der Waals surface area contributed by atoms with Crippen LogP contribution in [0, 0.1) is 0 Å². The van der Waals surface area contributed by atoms with E-state index in [1.165, 1.54) is 16.8 Å². The van der Waals surface area contributed by atoms with Crippen molar-refractivity contribution in [3.05, 3.63) is 0 Å². The Morgan fingerprint density at radius 3 is 2.83 bits per heavy atom. The zero-order chi connectivity index (χ0) is 13.4. The summed E-state index contributed by atoms with van der Waals surface area (Å²) in [7, 11) is 1.50. The van der Waals surface area contributed by atoms with E-state index in [0.717, 1.165) is 0 Å². The van der Waals surface area contributed by atoms with Crippen molar-refractivity contribution in [1.82, 2.24) is 15.1 Å². The van der Waals surface area contributed by atoms with E-state index >= 15 is 0 Å². The van der Waals surface area contributed by atoms with Crippen LogP contribution in [0.2, 0.25) is 0 Å². The smallest absolute Gasteiger partial charge is 0.325 e. The lowest BCUT2D eigenvalue weighted by Crippen LogP contribution is -2.64. The van der Waals surface area contributed by atoms with Gasteiger partial charge in [0.2, 0.25) is 0 Å². The highest BCUT2D eigenvalue weighted by atomic mass is 16.4. The maximum Gasteiger partial charge on any atom is 0.325 e. The molecule has 1 saturated heterocycles. The average Bonchev–Trinajstić information content (AvgIpc) is 2.61. The third-order valence-corrected chi connectivity index (χ3v) is 2.96. The van der Waals surface area contributed by atoms with E-state index in [0.29, 0.717) is 0 Å². The number of nitrogens with one attached hydrogen (secondary N) is 1. The van der Waals surface area contributed by atoms with Gasteiger partial charge in [-0.15, -0.1) is 0 Å². The molecule has 0 saturated carbocycles. The van der Waals surface area contributed by atoms with Gasteiger partial charge < -0.3 is 20.6 Å². The third-order valence-electron chi connectivity index (χ3n) is 2.96. The van der Waals surface area contributed by atoms with E-state index < -0.39 is 30.1 Å². The molecule has 0 aromatic heterocycles. The molecule has 3 amide bonds. The second-order valence-electron chi connectivity index (χ2n) is 4.09. The number of carbonyl (C=O) groups excluding carboxylic acids is 2. The molecule has 0 aromatic carbocycles. The van der Waals surface area contributed by atoms with E-state index in [1.807, 2.05) is 0 Å². The molecule has 0 radical (unpaired) electrons. The predicted molar refractivity (Wildman–Crippen MR) is 59.5 cm³/mol. The Balaban J connectivity index is 2.19. The van der Waals surface area contributed by atoms with E-state index in [1.54, 1.807) is 0 Å². The number of nitrogens with zero attached hydrogens (tertiary/aromatic N) is 3. The highest BCUT2D eigenvalue weighted by Crippen LogP contribution is 2.22. The number of rotatable bonds is 3. The number of urea groups is 1. The summed E-state index contributed by atoms with van der Waals surface area (Å²) in [6.45, 7) is 0.0707. The third kappa shape index (κ3) is 1.83. The fourth-order valence-electron chi connectivity index (χ4n) is 2.02. The first-order chi connectivity index (χ1) is 8.41. The van der Waals surface area contributed by atoms with Crippen molar-refractivity contribution < 1.29 is 19.5 Å². The first-order valence-electron chi connectivity index (χ1n) is 5.31. The van der Waals surface area contributed by atoms with Gasteiger partial charge in [-0.3, -0.25) is 14.9 Å². The summed E-state index contributed by atoms with van der Waals surface area (Å²) >= 11 is 0. The molecule has 4 N–H and O–H groups in total. The zero-order valence-electron chi connectivity index (χ0n) is 9.66. The predicted octanol–water partition coefficient (Wildman–Crippen LogP) is -2.03. The van der Waals surface area contributed by atoms with Crippen molar-refractivity contribution in [2.24, 2.45) is 10.7 Å². The average molecular weight is 255 g/mol. The maximum atomic E-state index is 11.8. The molecule has 0 aliphatic carbocycles. The molecular formula is C9H13N5O4. The van der Waals surface area contributed by atoms with Gasteiger partial charge in [-0.25, -0.2) is 9.79 Å². The highest BCUT2D eigenvalue weighted by molar-refractivity contribution is 6.03. The minimum absolute atomic E-state index is 0.0707. The normalized spacial score (nSPS) is 26.8. The zero-order valence-corrected chi connectivity index (χ0v) is 9.66. The number of amides is 3. The molecule has 18 heavy (non-hydrogen) atoms. The Morgan fingerprint density at radius 2 is 2.22 bits per heavy atom. The van der Waals surface area contributed by atoms with E-state index in [2.05, 4.69) is 10.3 Å². The summed E-state index contributed by atoms with van der Waals surface area (Å²) in [6.07, 6.45) is -0.857. The number of likely N-dealkylation sites (N-methyl/N-ethyl adjacent to an activating group) is 1. The number of guanidine groups is 1. The molecule has 9 heteroatoms. The molecule has 0 bridgehead atoms. The molecule has 9 nitrogen and oxygen atoms in total. The van der Waals surface area contributed by atoms with Crippen LogP contribution < -0.4 is 11.1 Å². The molecule has 2 atom stereocenters. The summed E-state index contributed by atoms with van der Waals surface area (Å²) in [4.78, 5) is 40.4. The topological polar surface area (TPSA) is 128 Å². The molecule has 0 aromatic rings. The molecule has 0 spiro atoms. The minimum Gasteiger partial charge on any atom is -0.481 e. The van der Waals surface area contributed by atoms with Crippen LogP contribution in [0.4, 0.5) is 4.79 Å². The number of fused-ring (bicyclic) bond motifs is 1. The Bertz CT molecular complexity index is 448. The van der Waals surface area contributed by atoms with Gasteiger partial charge in [0, 0.05) is 13.6 Å². The number of imide groups is 1. The first-order valence-corrected chi connectivity index (χ1v) is 5.31. The largest absolute Gasteiger partial charge is 0.481 e. The fraction of sp³-hybridized carbons (Fsp3) is 0.556. The van der Waals surface area contributed by atoms with E-state index in [-0.39, 0.29) is 18.9 Å². The summed E-state index contributed by atoms with van der Waals surface area (Å²) in [5.41, 5.74) is 5.66. The van der Waals surface area contributed by atoms with Crippen LogP contribution in [0.3, 0.4) is 0 Å². The van der Waals surface area contributed by atoms with Crippen LogP contribution in [0.25, 0.3) is 0 Å². The van der Waals surface area contributed by atoms with Gasteiger partial charge in [0.1, 0.15) is 0 Å². The molecule has 2 aliphatic rings. The number of carboxylic acids is 1. The Morgan fingerprint density at radius 1 is 1.56 bits per heavy atom. The lowest BCUT2D eigenvalue weighted by atomic mass is 10.1. The van der Waals surface area contributed by atoms with Crippen molar-refractivity contribution >= 4 is 23.9 Å². The molecule has 2 rings (SSSR count). The van der Waals surface area contributed by atoms with Gasteiger partial charge in [0.15, 0.2) is 18.2 Å². The van der Waals surface area contributed by atoms with Crippen molar-refractivity contribution in [3.63, 3.8) is 0 Å². The van der Waals surface area contributed by atoms with Gasteiger partial charge in [0.25, 0.3) is 5.91 Å². The van der Waals surface area contributed by atoms with Crippen LogP contribution in [-0.2, 0) is 9.59 Å². The highest BCUT2D eigenvalue weighted by Gasteiger charge is 2.47. The van der Waals surface area contributed by atoms with Gasteiger partial charge >= 0.3 is 12.0 Å². The van der Waals surface area contributed by atoms with Crippen LogP contribution in [-0.4, -0.2) is 64.6 Å². The summed E-state index contributed by atoms with van der Waals surface area (Å²) in [5, 5.41) is 10.8. The summed E-state index contributed by atoms with van der Waals surface area (Å²) in [5.74, 6) is -1.44. The number of aliphatic imine (C=N–C) groups is 1. The van der Waals surface area contributed by atoms with Crippen molar-refractivity contribution in [3.8, 4) is 0 Å². The van der Waals surface area contributed by atoms with Crippen LogP contribution >= 0.6 is 0 Å². The number of nitrogens with two attached hydrogens (primary N) is 1. The standard InChI is InChI=1S/C9H13N5O4/c1-13-6-5(7(17)12-9(13)18)14(8(10)11-6)3-2-4(15)16/h5-6H,2-3H2,1H3,(H2,10,11)(H,15,16)(H,12,17,18). The number of carbonyl (C=O) groups is 3. The molecule has 98 valence electrons. The maximum absolute atomic E-state index is 11.8. The summed E-state index contributed by atoms with van der Waals surface area (Å²) < 4.78 is 0.